The third-order valence-electron chi connectivity index (χ3n) is 2.49. The van der Waals surface area contributed by atoms with Gasteiger partial charge in [0.2, 0.25) is 5.91 Å². The van der Waals surface area contributed by atoms with Gasteiger partial charge in [-0.2, -0.15) is 0 Å². The summed E-state index contributed by atoms with van der Waals surface area (Å²) in [4.78, 5) is 20.5. The molecule has 0 spiro atoms. The first-order chi connectivity index (χ1) is 8.19. The Balaban J connectivity index is 2.61. The number of H-pyrrole nitrogens is 1. The number of hydrogen-bond donors (Lipinski definition) is 3. The molecule has 0 fully saturated rings. The van der Waals surface area contributed by atoms with E-state index in [0.29, 0.717) is 18.8 Å². The summed E-state index contributed by atoms with van der Waals surface area (Å²) >= 11 is 0. The van der Waals surface area contributed by atoms with E-state index in [1.165, 1.54) is 4.90 Å². The van der Waals surface area contributed by atoms with E-state index in [-0.39, 0.29) is 19.1 Å². The number of carbonyl (C=O) groups is 1. The number of aliphatic hydroxyl groups excluding tert-OH is 1. The Bertz CT molecular complexity index is 326. The third kappa shape index (κ3) is 4.16. The molecule has 96 valence electrons. The highest BCUT2D eigenvalue weighted by Crippen LogP contribution is 2.04. The summed E-state index contributed by atoms with van der Waals surface area (Å²) in [7, 11) is 0. The van der Waals surface area contributed by atoms with Crippen molar-refractivity contribution in [2.75, 3.05) is 13.2 Å². The largest absolute Gasteiger partial charge is 0.395 e. The van der Waals surface area contributed by atoms with Gasteiger partial charge in [-0.05, 0) is 6.42 Å². The molecule has 0 aromatic carbocycles. The summed E-state index contributed by atoms with van der Waals surface area (Å²) in [5, 5.41) is 8.96. The average molecular weight is 240 g/mol. The number of nitrogens with zero attached hydrogens (tertiary/aromatic N) is 2. The first kappa shape index (κ1) is 13.7. The minimum atomic E-state index is -0.499. The molecule has 0 aliphatic carbocycles. The Labute approximate surface area is 101 Å². The molecule has 0 saturated carbocycles. The van der Waals surface area contributed by atoms with Crippen LogP contribution in [0.25, 0.3) is 0 Å². The number of hydrogen-bond acceptors (Lipinski definition) is 4. The minimum Gasteiger partial charge on any atom is -0.395 e. The maximum absolute atomic E-state index is 12.0. The zero-order chi connectivity index (χ0) is 12.7. The number of nitrogens with two attached hydrogens (primary N) is 1. The van der Waals surface area contributed by atoms with Crippen molar-refractivity contribution in [2.45, 2.75) is 32.4 Å². The first-order valence-electron chi connectivity index (χ1n) is 5.82. The molecular formula is C11H20N4O2. The Hall–Kier alpha value is -1.40. The molecule has 1 rings (SSSR count). The molecule has 1 heterocycles. The predicted molar refractivity (Wildman–Crippen MR) is 64.0 cm³/mol. The summed E-state index contributed by atoms with van der Waals surface area (Å²) in [6, 6.07) is -0.499. The minimum absolute atomic E-state index is 0.0781. The van der Waals surface area contributed by atoms with Crippen molar-refractivity contribution in [1.82, 2.24) is 14.9 Å². The summed E-state index contributed by atoms with van der Waals surface area (Å²) in [6.07, 6.45) is 4.84. The predicted octanol–water partition coefficient (Wildman–Crippen LogP) is -0.142. The number of nitrogens with one attached hydrogen (secondary N) is 1. The van der Waals surface area contributed by atoms with E-state index in [1.807, 2.05) is 6.92 Å². The number of carbonyl (C=O) groups excluding carboxylic acids is 1. The van der Waals surface area contributed by atoms with Gasteiger partial charge < -0.3 is 20.7 Å². The van der Waals surface area contributed by atoms with Crippen LogP contribution in [-0.2, 0) is 11.3 Å². The Morgan fingerprint density at radius 3 is 3.00 bits per heavy atom. The van der Waals surface area contributed by atoms with E-state index >= 15 is 0 Å². The van der Waals surface area contributed by atoms with Gasteiger partial charge >= 0.3 is 0 Å². The smallest absolute Gasteiger partial charge is 0.239 e. The summed E-state index contributed by atoms with van der Waals surface area (Å²) < 4.78 is 0. The standard InChI is InChI=1S/C11H20N4O2/c1-2-3-9(12)11(17)15(6-7-16)8-10-13-4-5-14-10/h4-5,9,16H,2-3,6-8,12H2,1H3,(H,13,14)/t9-/m0/s1. The van der Waals surface area contributed by atoms with Gasteiger partial charge in [0.1, 0.15) is 5.82 Å². The highest BCUT2D eigenvalue weighted by molar-refractivity contribution is 5.81. The summed E-state index contributed by atoms with van der Waals surface area (Å²) in [5.41, 5.74) is 5.78. The Morgan fingerprint density at radius 1 is 1.71 bits per heavy atom. The molecule has 1 atom stereocenters. The van der Waals surface area contributed by atoms with Crippen LogP contribution in [0.1, 0.15) is 25.6 Å². The van der Waals surface area contributed by atoms with Crippen molar-refractivity contribution in [2.24, 2.45) is 5.73 Å². The zero-order valence-electron chi connectivity index (χ0n) is 10.1. The van der Waals surface area contributed by atoms with Crippen LogP contribution in [0.15, 0.2) is 12.4 Å². The van der Waals surface area contributed by atoms with E-state index < -0.39 is 6.04 Å². The molecule has 0 aliphatic rings. The van der Waals surface area contributed by atoms with Crippen LogP contribution < -0.4 is 5.73 Å². The summed E-state index contributed by atoms with van der Waals surface area (Å²) in [5.74, 6) is 0.549. The fourth-order valence-corrected chi connectivity index (χ4v) is 1.62. The second kappa shape index (κ2) is 7.03. The fourth-order valence-electron chi connectivity index (χ4n) is 1.62. The van der Waals surface area contributed by atoms with Crippen LogP contribution in [0.4, 0.5) is 0 Å². The van der Waals surface area contributed by atoms with Crippen LogP contribution in [-0.4, -0.2) is 45.1 Å². The number of rotatable bonds is 7. The van der Waals surface area contributed by atoms with Gasteiger partial charge in [-0.25, -0.2) is 4.98 Å². The maximum Gasteiger partial charge on any atom is 0.239 e. The quantitative estimate of drug-likeness (QED) is 0.618. The van der Waals surface area contributed by atoms with Crippen LogP contribution in [0.2, 0.25) is 0 Å². The van der Waals surface area contributed by atoms with E-state index in [9.17, 15) is 4.79 Å². The molecule has 6 nitrogen and oxygen atoms in total. The SMILES string of the molecule is CCC[C@H](N)C(=O)N(CCO)Cc1ncc[nH]1. The number of aromatic nitrogens is 2. The van der Waals surface area contributed by atoms with Gasteiger partial charge in [0.25, 0.3) is 0 Å². The van der Waals surface area contributed by atoms with Gasteiger partial charge in [-0.1, -0.05) is 13.3 Å². The van der Waals surface area contributed by atoms with Crippen LogP contribution in [0.5, 0.6) is 0 Å². The van der Waals surface area contributed by atoms with Crippen LogP contribution in [0.3, 0.4) is 0 Å². The lowest BCUT2D eigenvalue weighted by Crippen LogP contribution is -2.44. The van der Waals surface area contributed by atoms with Gasteiger partial charge in [0.05, 0.1) is 19.2 Å². The topological polar surface area (TPSA) is 95.2 Å². The normalized spacial score (nSPS) is 12.4. The molecule has 0 unspecified atom stereocenters. The number of aliphatic hydroxyl groups is 1. The van der Waals surface area contributed by atoms with E-state index in [4.69, 9.17) is 10.8 Å². The molecule has 4 N–H and O–H groups in total. The molecule has 0 saturated heterocycles. The number of aromatic amines is 1. The molecule has 0 radical (unpaired) electrons. The number of amides is 1. The number of imidazole rings is 1. The second-order valence-electron chi connectivity index (χ2n) is 3.91. The molecule has 0 bridgehead atoms. The van der Waals surface area contributed by atoms with E-state index in [1.54, 1.807) is 12.4 Å². The Kier molecular flexibility index (Phi) is 5.65. The van der Waals surface area contributed by atoms with Crippen molar-refractivity contribution in [1.29, 1.82) is 0 Å². The van der Waals surface area contributed by atoms with Crippen LogP contribution in [0, 0.1) is 0 Å². The molecule has 0 aliphatic heterocycles. The van der Waals surface area contributed by atoms with Gasteiger partial charge in [-0.3, -0.25) is 4.79 Å². The molecule has 1 aromatic heterocycles. The molecular weight excluding hydrogens is 220 g/mol. The summed E-state index contributed by atoms with van der Waals surface area (Å²) in [6.45, 7) is 2.53. The van der Waals surface area contributed by atoms with Gasteiger partial charge in [0, 0.05) is 18.9 Å². The molecule has 17 heavy (non-hydrogen) atoms. The lowest BCUT2D eigenvalue weighted by atomic mass is 10.1. The van der Waals surface area contributed by atoms with Crippen molar-refractivity contribution in [3.8, 4) is 0 Å². The van der Waals surface area contributed by atoms with Crippen molar-refractivity contribution < 1.29 is 9.90 Å². The maximum atomic E-state index is 12.0. The first-order valence-corrected chi connectivity index (χ1v) is 5.82. The van der Waals surface area contributed by atoms with Crippen LogP contribution >= 0.6 is 0 Å². The van der Waals surface area contributed by atoms with Gasteiger partial charge in [-0.15, -0.1) is 0 Å². The average Bonchev–Trinajstić information content (AvgIpc) is 2.80. The molecule has 6 heteroatoms. The van der Waals surface area contributed by atoms with Crippen molar-refractivity contribution in [3.63, 3.8) is 0 Å². The lowest BCUT2D eigenvalue weighted by Gasteiger charge is -2.23. The Morgan fingerprint density at radius 2 is 2.47 bits per heavy atom. The van der Waals surface area contributed by atoms with Crippen molar-refractivity contribution in [3.05, 3.63) is 18.2 Å². The van der Waals surface area contributed by atoms with Crippen molar-refractivity contribution >= 4 is 5.91 Å². The van der Waals surface area contributed by atoms with E-state index in [2.05, 4.69) is 9.97 Å². The van der Waals surface area contributed by atoms with Gasteiger partial charge in [0.15, 0.2) is 0 Å². The van der Waals surface area contributed by atoms with E-state index in [0.717, 1.165) is 6.42 Å². The molecule has 1 amide bonds. The highest BCUT2D eigenvalue weighted by atomic mass is 16.3. The third-order valence-corrected chi connectivity index (χ3v) is 2.49. The lowest BCUT2D eigenvalue weighted by molar-refractivity contribution is -0.134. The second-order valence-corrected chi connectivity index (χ2v) is 3.91. The fraction of sp³-hybridized carbons (Fsp3) is 0.636. The monoisotopic (exact) mass is 240 g/mol. The zero-order valence-corrected chi connectivity index (χ0v) is 10.1. The highest BCUT2D eigenvalue weighted by Gasteiger charge is 2.20. The molecule has 1 aromatic rings.